The SMILES string of the molecule is CC(C)(C)CNc1ccc(Br)c(Cl)c1Cl. The maximum absolute atomic E-state index is 6.10. The van der Waals surface area contributed by atoms with Crippen LogP contribution in [0, 0.1) is 5.41 Å². The molecule has 0 saturated carbocycles. The molecule has 0 saturated heterocycles. The molecule has 4 heteroatoms. The third-order valence-corrected chi connectivity index (χ3v) is 3.62. The first-order valence-corrected chi connectivity index (χ1v) is 6.23. The lowest BCUT2D eigenvalue weighted by atomic mass is 9.97. The highest BCUT2D eigenvalue weighted by atomic mass is 79.9. The van der Waals surface area contributed by atoms with Gasteiger partial charge in [-0.2, -0.15) is 0 Å². The lowest BCUT2D eigenvalue weighted by Gasteiger charge is -2.20. The monoisotopic (exact) mass is 309 g/mol. The van der Waals surface area contributed by atoms with Gasteiger partial charge in [-0.1, -0.05) is 44.0 Å². The van der Waals surface area contributed by atoms with Crippen molar-refractivity contribution in [1.29, 1.82) is 0 Å². The standard InChI is InChI=1S/C11H14BrCl2N/c1-11(2,3)6-15-8-5-4-7(12)9(13)10(8)14/h4-5,15H,6H2,1-3H3. The molecule has 0 unspecified atom stereocenters. The van der Waals surface area contributed by atoms with E-state index in [1.165, 1.54) is 0 Å². The normalized spacial score (nSPS) is 11.6. The summed E-state index contributed by atoms with van der Waals surface area (Å²) in [6.07, 6.45) is 0. The van der Waals surface area contributed by atoms with Gasteiger partial charge in [-0.25, -0.2) is 0 Å². The Morgan fingerprint density at radius 3 is 2.33 bits per heavy atom. The van der Waals surface area contributed by atoms with Crippen LogP contribution in [-0.4, -0.2) is 6.54 Å². The van der Waals surface area contributed by atoms with E-state index in [1.54, 1.807) is 0 Å². The van der Waals surface area contributed by atoms with Gasteiger partial charge in [0, 0.05) is 11.0 Å². The van der Waals surface area contributed by atoms with Gasteiger partial charge in [0.1, 0.15) is 0 Å². The van der Waals surface area contributed by atoms with E-state index in [9.17, 15) is 0 Å². The van der Waals surface area contributed by atoms with E-state index in [-0.39, 0.29) is 5.41 Å². The Morgan fingerprint density at radius 2 is 1.80 bits per heavy atom. The van der Waals surface area contributed by atoms with Crippen molar-refractivity contribution in [1.82, 2.24) is 0 Å². The number of rotatable bonds is 2. The van der Waals surface area contributed by atoms with Crippen molar-refractivity contribution in [3.8, 4) is 0 Å². The Kier molecular flexibility index (Phi) is 4.33. The molecule has 0 heterocycles. The zero-order valence-electron chi connectivity index (χ0n) is 9.00. The molecule has 84 valence electrons. The van der Waals surface area contributed by atoms with E-state index in [2.05, 4.69) is 42.0 Å². The van der Waals surface area contributed by atoms with Crippen molar-refractivity contribution in [2.75, 3.05) is 11.9 Å². The molecule has 0 aliphatic rings. The predicted molar refractivity (Wildman–Crippen MR) is 72.1 cm³/mol. The molecule has 0 fully saturated rings. The first-order chi connectivity index (χ1) is 6.81. The van der Waals surface area contributed by atoms with Crippen molar-refractivity contribution < 1.29 is 0 Å². The third kappa shape index (κ3) is 3.86. The summed E-state index contributed by atoms with van der Waals surface area (Å²) in [7, 11) is 0. The first kappa shape index (κ1) is 13.1. The molecular formula is C11H14BrCl2N. The van der Waals surface area contributed by atoms with Crippen LogP contribution in [0.2, 0.25) is 10.0 Å². The first-order valence-electron chi connectivity index (χ1n) is 4.68. The van der Waals surface area contributed by atoms with Crippen LogP contribution in [0.25, 0.3) is 0 Å². The summed E-state index contributed by atoms with van der Waals surface area (Å²) in [6, 6.07) is 3.81. The van der Waals surface area contributed by atoms with E-state index in [4.69, 9.17) is 23.2 Å². The molecule has 0 aromatic heterocycles. The Bertz CT molecular complexity index is 358. The van der Waals surface area contributed by atoms with Crippen molar-refractivity contribution in [3.63, 3.8) is 0 Å². The summed E-state index contributed by atoms with van der Waals surface area (Å²) in [5.41, 5.74) is 1.09. The second-order valence-corrected chi connectivity index (χ2v) is 6.25. The van der Waals surface area contributed by atoms with Crippen LogP contribution >= 0.6 is 39.1 Å². The highest BCUT2D eigenvalue weighted by Gasteiger charge is 2.12. The summed E-state index contributed by atoms with van der Waals surface area (Å²) < 4.78 is 0.815. The predicted octanol–water partition coefficient (Wildman–Crippen LogP) is 5.21. The minimum Gasteiger partial charge on any atom is -0.383 e. The Balaban J connectivity index is 2.83. The van der Waals surface area contributed by atoms with Crippen LogP contribution in [0.4, 0.5) is 5.69 Å². The molecule has 1 N–H and O–H groups in total. The van der Waals surface area contributed by atoms with Gasteiger partial charge in [-0.15, -0.1) is 0 Å². The van der Waals surface area contributed by atoms with Crippen LogP contribution in [-0.2, 0) is 0 Å². The molecule has 15 heavy (non-hydrogen) atoms. The second-order valence-electron chi connectivity index (χ2n) is 4.64. The van der Waals surface area contributed by atoms with Gasteiger partial charge in [0.2, 0.25) is 0 Å². The van der Waals surface area contributed by atoms with Crippen LogP contribution in [0.5, 0.6) is 0 Å². The van der Waals surface area contributed by atoms with E-state index in [0.717, 1.165) is 16.7 Å². The van der Waals surface area contributed by atoms with E-state index < -0.39 is 0 Å². The lowest BCUT2D eigenvalue weighted by molar-refractivity contribution is 0.443. The van der Waals surface area contributed by atoms with Gasteiger partial charge in [-0.05, 0) is 33.5 Å². The largest absolute Gasteiger partial charge is 0.383 e. The molecule has 1 nitrogen and oxygen atoms in total. The fraction of sp³-hybridized carbons (Fsp3) is 0.455. The smallest absolute Gasteiger partial charge is 0.0835 e. The zero-order valence-corrected chi connectivity index (χ0v) is 12.1. The van der Waals surface area contributed by atoms with Crippen molar-refractivity contribution >= 4 is 44.8 Å². The molecule has 0 atom stereocenters. The number of hydrogen-bond acceptors (Lipinski definition) is 1. The van der Waals surface area contributed by atoms with Gasteiger partial charge in [0.05, 0.1) is 15.7 Å². The van der Waals surface area contributed by atoms with Crippen LogP contribution in [0.3, 0.4) is 0 Å². The van der Waals surface area contributed by atoms with Crippen LogP contribution in [0.15, 0.2) is 16.6 Å². The Morgan fingerprint density at radius 1 is 1.20 bits per heavy atom. The summed E-state index contributed by atoms with van der Waals surface area (Å²) in [6.45, 7) is 7.34. The maximum Gasteiger partial charge on any atom is 0.0835 e. The number of nitrogens with one attached hydrogen (secondary N) is 1. The van der Waals surface area contributed by atoms with Gasteiger partial charge in [-0.3, -0.25) is 0 Å². The fourth-order valence-electron chi connectivity index (χ4n) is 1.02. The van der Waals surface area contributed by atoms with Crippen molar-refractivity contribution in [3.05, 3.63) is 26.7 Å². The lowest BCUT2D eigenvalue weighted by Crippen LogP contribution is -2.19. The van der Waals surface area contributed by atoms with Crippen molar-refractivity contribution in [2.45, 2.75) is 20.8 Å². The minimum atomic E-state index is 0.211. The molecule has 0 amide bonds. The van der Waals surface area contributed by atoms with E-state index in [0.29, 0.717) is 10.0 Å². The molecule has 0 aliphatic carbocycles. The molecule has 0 spiro atoms. The number of benzene rings is 1. The fourth-order valence-corrected chi connectivity index (χ4v) is 1.86. The third-order valence-electron chi connectivity index (χ3n) is 1.84. The maximum atomic E-state index is 6.10. The highest BCUT2D eigenvalue weighted by molar-refractivity contribution is 9.10. The molecule has 0 aliphatic heterocycles. The van der Waals surface area contributed by atoms with E-state index >= 15 is 0 Å². The zero-order chi connectivity index (χ0) is 11.6. The number of halogens is 3. The summed E-state index contributed by atoms with van der Waals surface area (Å²) >= 11 is 15.4. The number of anilines is 1. The summed E-state index contributed by atoms with van der Waals surface area (Å²) in [5.74, 6) is 0. The van der Waals surface area contributed by atoms with Gasteiger partial charge >= 0.3 is 0 Å². The highest BCUT2D eigenvalue weighted by Crippen LogP contribution is 2.36. The van der Waals surface area contributed by atoms with E-state index in [1.807, 2.05) is 12.1 Å². The second kappa shape index (κ2) is 4.94. The molecule has 1 aromatic rings. The average molecular weight is 311 g/mol. The molecule has 0 bridgehead atoms. The summed E-state index contributed by atoms with van der Waals surface area (Å²) in [5, 5.41) is 4.40. The number of hydrogen-bond donors (Lipinski definition) is 1. The average Bonchev–Trinajstić information content (AvgIpc) is 2.12. The quantitative estimate of drug-likeness (QED) is 0.739. The molecule has 1 aromatic carbocycles. The summed E-state index contributed by atoms with van der Waals surface area (Å²) in [4.78, 5) is 0. The van der Waals surface area contributed by atoms with Gasteiger partial charge in [0.15, 0.2) is 0 Å². The molecular weight excluding hydrogens is 297 g/mol. The van der Waals surface area contributed by atoms with Crippen LogP contribution in [0.1, 0.15) is 20.8 Å². The molecule has 1 rings (SSSR count). The van der Waals surface area contributed by atoms with Crippen LogP contribution < -0.4 is 5.32 Å². The van der Waals surface area contributed by atoms with Crippen molar-refractivity contribution in [2.24, 2.45) is 5.41 Å². The Hall–Kier alpha value is 0.0800. The van der Waals surface area contributed by atoms with Gasteiger partial charge in [0.25, 0.3) is 0 Å². The van der Waals surface area contributed by atoms with Gasteiger partial charge < -0.3 is 5.32 Å². The topological polar surface area (TPSA) is 12.0 Å². The molecule has 0 radical (unpaired) electrons. The minimum absolute atomic E-state index is 0.211. The Labute approximate surface area is 109 Å².